The van der Waals surface area contributed by atoms with Crippen LogP contribution in [0.25, 0.3) is 0 Å². The molecule has 1 heteroatoms. The summed E-state index contributed by atoms with van der Waals surface area (Å²) in [6.07, 6.45) is 6.76. The van der Waals surface area contributed by atoms with Crippen LogP contribution in [0.5, 0.6) is 0 Å². The molecule has 1 aromatic carbocycles. The van der Waals surface area contributed by atoms with Crippen LogP contribution in [-0.4, -0.2) is 13.6 Å². The Morgan fingerprint density at radius 3 is 2.68 bits per heavy atom. The van der Waals surface area contributed by atoms with Gasteiger partial charge in [-0.1, -0.05) is 52.3 Å². The van der Waals surface area contributed by atoms with E-state index in [4.69, 9.17) is 0 Å². The highest BCUT2D eigenvalue weighted by molar-refractivity contribution is 5.42. The Bertz CT molecular complexity index is 543. The molecule has 2 aliphatic carbocycles. The largest absolute Gasteiger partial charge is 0.319 e. The first-order valence-corrected chi connectivity index (χ1v) is 9.18. The summed E-state index contributed by atoms with van der Waals surface area (Å²) in [6.45, 7) is 10.9. The van der Waals surface area contributed by atoms with Crippen LogP contribution < -0.4 is 5.32 Å². The van der Waals surface area contributed by atoms with Crippen molar-refractivity contribution >= 4 is 0 Å². The van der Waals surface area contributed by atoms with Crippen LogP contribution in [-0.2, 0) is 11.8 Å². The molecule has 0 bridgehead atoms. The molecular weight excluding hydrogens is 266 g/mol. The lowest BCUT2D eigenvalue weighted by atomic mass is 9.49. The van der Waals surface area contributed by atoms with Crippen molar-refractivity contribution in [2.45, 2.75) is 71.1 Å². The van der Waals surface area contributed by atoms with E-state index in [0.29, 0.717) is 16.7 Å². The van der Waals surface area contributed by atoms with Crippen LogP contribution in [0.4, 0.5) is 0 Å². The minimum Gasteiger partial charge on any atom is -0.319 e. The van der Waals surface area contributed by atoms with Gasteiger partial charge in [0.25, 0.3) is 0 Å². The zero-order valence-corrected chi connectivity index (χ0v) is 15.1. The number of benzene rings is 1. The van der Waals surface area contributed by atoms with E-state index in [1.54, 1.807) is 11.1 Å². The number of rotatable bonds is 3. The SMILES string of the molecule is CNC[C@]1(C)CCC[C@]2(C)c3ccc(C(C)C)cc3CC[C@@H]12. The summed E-state index contributed by atoms with van der Waals surface area (Å²) in [5.74, 6) is 1.45. The molecule has 3 atom stereocenters. The highest BCUT2D eigenvalue weighted by atomic mass is 14.8. The summed E-state index contributed by atoms with van der Waals surface area (Å²) in [6, 6.07) is 7.37. The van der Waals surface area contributed by atoms with Crippen LogP contribution >= 0.6 is 0 Å². The third kappa shape index (κ3) is 2.42. The molecule has 2 aliphatic rings. The lowest BCUT2D eigenvalue weighted by molar-refractivity contribution is 0.0273. The average molecular weight is 300 g/mol. The predicted octanol–water partition coefficient (Wildman–Crippen LogP) is 5.04. The van der Waals surface area contributed by atoms with E-state index in [1.165, 1.54) is 37.7 Å². The molecule has 1 fully saturated rings. The van der Waals surface area contributed by atoms with Gasteiger partial charge in [-0.2, -0.15) is 0 Å². The van der Waals surface area contributed by atoms with Gasteiger partial charge in [0.1, 0.15) is 0 Å². The quantitative estimate of drug-likeness (QED) is 0.824. The summed E-state index contributed by atoms with van der Waals surface area (Å²) in [5, 5.41) is 3.48. The van der Waals surface area contributed by atoms with Crippen molar-refractivity contribution in [2.24, 2.45) is 11.3 Å². The molecule has 122 valence electrons. The van der Waals surface area contributed by atoms with E-state index in [1.807, 2.05) is 0 Å². The van der Waals surface area contributed by atoms with Gasteiger partial charge >= 0.3 is 0 Å². The van der Waals surface area contributed by atoms with Gasteiger partial charge in [0, 0.05) is 6.54 Å². The number of nitrogens with one attached hydrogen (secondary N) is 1. The Kier molecular flexibility index (Phi) is 4.14. The normalized spacial score (nSPS) is 34.4. The summed E-state index contributed by atoms with van der Waals surface area (Å²) in [4.78, 5) is 0. The second-order valence-corrected chi connectivity index (χ2v) is 8.62. The van der Waals surface area contributed by atoms with Crippen LogP contribution in [0, 0.1) is 11.3 Å². The first-order valence-electron chi connectivity index (χ1n) is 9.18. The molecule has 3 rings (SSSR count). The van der Waals surface area contributed by atoms with Crippen LogP contribution in [0.2, 0.25) is 0 Å². The zero-order chi connectivity index (χ0) is 16.0. The lowest BCUT2D eigenvalue weighted by Crippen LogP contribution is -2.52. The van der Waals surface area contributed by atoms with Crippen molar-refractivity contribution < 1.29 is 0 Å². The van der Waals surface area contributed by atoms with Gasteiger partial charge in [-0.05, 0) is 72.1 Å². The maximum atomic E-state index is 3.48. The molecule has 0 unspecified atom stereocenters. The van der Waals surface area contributed by atoms with Crippen molar-refractivity contribution in [3.8, 4) is 0 Å². The molecule has 0 heterocycles. The van der Waals surface area contributed by atoms with Crippen LogP contribution in [0.15, 0.2) is 18.2 Å². The highest BCUT2D eigenvalue weighted by Gasteiger charge is 2.51. The third-order valence-corrected chi connectivity index (χ3v) is 6.75. The second-order valence-electron chi connectivity index (χ2n) is 8.62. The van der Waals surface area contributed by atoms with Crippen molar-refractivity contribution in [3.63, 3.8) is 0 Å². The van der Waals surface area contributed by atoms with E-state index < -0.39 is 0 Å². The Labute approximate surface area is 136 Å². The first kappa shape index (κ1) is 16.1. The molecule has 1 aromatic rings. The van der Waals surface area contributed by atoms with E-state index in [2.05, 4.69) is 58.3 Å². The van der Waals surface area contributed by atoms with E-state index in [-0.39, 0.29) is 0 Å². The fraction of sp³-hybridized carbons (Fsp3) is 0.714. The molecule has 1 nitrogen and oxygen atoms in total. The Hall–Kier alpha value is -0.820. The van der Waals surface area contributed by atoms with Crippen LogP contribution in [0.1, 0.15) is 76.0 Å². The molecule has 0 saturated heterocycles. The Morgan fingerprint density at radius 2 is 2.00 bits per heavy atom. The molecule has 0 amide bonds. The molecule has 1 saturated carbocycles. The molecule has 0 spiro atoms. The Morgan fingerprint density at radius 1 is 1.23 bits per heavy atom. The summed E-state index contributed by atoms with van der Waals surface area (Å²) >= 11 is 0. The molecule has 1 N–H and O–H groups in total. The zero-order valence-electron chi connectivity index (χ0n) is 15.1. The molecule has 22 heavy (non-hydrogen) atoms. The minimum atomic E-state index is 0.382. The maximum absolute atomic E-state index is 3.48. The van der Waals surface area contributed by atoms with Gasteiger partial charge in [0.05, 0.1) is 0 Å². The van der Waals surface area contributed by atoms with Crippen LogP contribution in [0.3, 0.4) is 0 Å². The van der Waals surface area contributed by atoms with Gasteiger partial charge in [-0.25, -0.2) is 0 Å². The summed E-state index contributed by atoms with van der Waals surface area (Å²) in [5.41, 5.74) is 5.65. The van der Waals surface area contributed by atoms with Crippen molar-refractivity contribution in [1.29, 1.82) is 0 Å². The van der Waals surface area contributed by atoms with Crippen molar-refractivity contribution in [3.05, 3.63) is 34.9 Å². The summed E-state index contributed by atoms with van der Waals surface area (Å²) < 4.78 is 0. The van der Waals surface area contributed by atoms with Crippen molar-refractivity contribution in [1.82, 2.24) is 5.32 Å². The maximum Gasteiger partial charge on any atom is 0.000513 e. The average Bonchev–Trinajstić information content (AvgIpc) is 2.46. The molecule has 0 aliphatic heterocycles. The molecule has 0 aromatic heterocycles. The first-order chi connectivity index (χ1) is 10.4. The molecular formula is C21H33N. The third-order valence-electron chi connectivity index (χ3n) is 6.75. The van der Waals surface area contributed by atoms with E-state index in [0.717, 1.165) is 12.5 Å². The topological polar surface area (TPSA) is 12.0 Å². The second kappa shape index (κ2) is 5.67. The van der Waals surface area contributed by atoms with Crippen molar-refractivity contribution in [2.75, 3.05) is 13.6 Å². The summed E-state index contributed by atoms with van der Waals surface area (Å²) in [7, 11) is 2.11. The van der Waals surface area contributed by atoms with Gasteiger partial charge in [0.15, 0.2) is 0 Å². The van der Waals surface area contributed by atoms with Gasteiger partial charge < -0.3 is 5.32 Å². The van der Waals surface area contributed by atoms with E-state index in [9.17, 15) is 0 Å². The Balaban J connectivity index is 2.02. The number of fused-ring (bicyclic) bond motifs is 3. The van der Waals surface area contributed by atoms with Gasteiger partial charge in [-0.15, -0.1) is 0 Å². The lowest BCUT2D eigenvalue weighted by Gasteiger charge is -2.55. The van der Waals surface area contributed by atoms with Gasteiger partial charge in [0.2, 0.25) is 0 Å². The standard InChI is InChI=1S/C21H33N/c1-15(2)16-7-9-18-17(13-16)8-10-19-20(3,14-22-5)11-6-12-21(18,19)4/h7,9,13,15,19,22H,6,8,10-12,14H2,1-5H3/t19-,20-,21+/m0/s1. The number of aryl methyl sites for hydroxylation is 1. The molecule has 0 radical (unpaired) electrons. The number of hydrogen-bond donors (Lipinski definition) is 1. The smallest absolute Gasteiger partial charge is 0.000513 e. The highest BCUT2D eigenvalue weighted by Crippen LogP contribution is 2.57. The number of hydrogen-bond acceptors (Lipinski definition) is 1. The monoisotopic (exact) mass is 299 g/mol. The minimum absolute atomic E-state index is 0.382. The fourth-order valence-electron chi connectivity index (χ4n) is 5.62. The fourth-order valence-corrected chi connectivity index (χ4v) is 5.62. The predicted molar refractivity (Wildman–Crippen MR) is 95.6 cm³/mol. The van der Waals surface area contributed by atoms with E-state index >= 15 is 0 Å². The van der Waals surface area contributed by atoms with Gasteiger partial charge in [-0.3, -0.25) is 0 Å².